The summed E-state index contributed by atoms with van der Waals surface area (Å²) in [6.07, 6.45) is -4.40. The van der Waals surface area contributed by atoms with Crippen molar-refractivity contribution < 1.29 is 13.2 Å². The van der Waals surface area contributed by atoms with Crippen LogP contribution in [0.2, 0.25) is 10.0 Å². The fraction of sp³-hybridized carbons (Fsp3) is 0.500. The molecule has 0 radical (unpaired) electrons. The van der Waals surface area contributed by atoms with Crippen LogP contribution in [0.5, 0.6) is 0 Å². The third kappa shape index (κ3) is 5.04. The fourth-order valence-corrected chi connectivity index (χ4v) is 2.02. The lowest BCUT2D eigenvalue weighted by atomic mass is 10.0. The minimum atomic E-state index is -4.10. The molecule has 1 nitrogen and oxygen atoms in total. The number of alkyl halides is 3. The Bertz CT molecular complexity index is 393. The van der Waals surface area contributed by atoms with E-state index in [2.05, 4.69) is 5.32 Å². The molecule has 0 spiro atoms. The summed E-state index contributed by atoms with van der Waals surface area (Å²) in [5.41, 5.74) is 0.842. The van der Waals surface area contributed by atoms with Crippen molar-refractivity contribution >= 4 is 23.2 Å². The highest BCUT2D eigenvalue weighted by Crippen LogP contribution is 2.29. The standard InChI is InChI=1S/C12H14Cl2F3N/c1-18-11(3-2-6-12(15,16)17)8-4-5-9(13)10(14)7-8/h4-5,7,11,18H,2-3,6H2,1H3. The van der Waals surface area contributed by atoms with Crippen LogP contribution in [0.1, 0.15) is 30.9 Å². The van der Waals surface area contributed by atoms with Crippen molar-refractivity contribution in [2.24, 2.45) is 0 Å². The lowest BCUT2D eigenvalue weighted by Crippen LogP contribution is -2.17. The first-order chi connectivity index (χ1) is 8.33. The Morgan fingerprint density at radius 3 is 2.39 bits per heavy atom. The molecular formula is C12H14Cl2F3N. The Labute approximate surface area is 114 Å². The number of halogens is 5. The van der Waals surface area contributed by atoms with Crippen LogP contribution >= 0.6 is 23.2 Å². The summed E-state index contributed by atoms with van der Waals surface area (Å²) in [7, 11) is 1.71. The maximum Gasteiger partial charge on any atom is 0.389 e. The molecule has 0 heterocycles. The van der Waals surface area contributed by atoms with Crippen LogP contribution in [-0.4, -0.2) is 13.2 Å². The number of hydrogen-bond donors (Lipinski definition) is 1. The van der Waals surface area contributed by atoms with E-state index >= 15 is 0 Å². The monoisotopic (exact) mass is 299 g/mol. The zero-order valence-electron chi connectivity index (χ0n) is 9.82. The minimum absolute atomic E-state index is 0.0786. The van der Waals surface area contributed by atoms with Gasteiger partial charge >= 0.3 is 6.18 Å². The quantitative estimate of drug-likeness (QED) is 0.808. The fourth-order valence-electron chi connectivity index (χ4n) is 1.71. The third-order valence-corrected chi connectivity index (χ3v) is 3.39. The number of benzene rings is 1. The molecule has 0 aliphatic heterocycles. The molecule has 6 heteroatoms. The van der Waals surface area contributed by atoms with Gasteiger partial charge in [-0.15, -0.1) is 0 Å². The van der Waals surface area contributed by atoms with Crippen molar-refractivity contribution in [3.8, 4) is 0 Å². The predicted octanol–water partition coefficient (Wildman–Crippen LogP) is 4.99. The minimum Gasteiger partial charge on any atom is -0.313 e. The molecule has 0 aromatic heterocycles. The summed E-state index contributed by atoms with van der Waals surface area (Å²) in [4.78, 5) is 0. The molecule has 0 fully saturated rings. The maximum absolute atomic E-state index is 12.1. The summed E-state index contributed by atoms with van der Waals surface area (Å²) in [5.74, 6) is 0. The van der Waals surface area contributed by atoms with E-state index in [1.54, 1.807) is 25.2 Å². The molecule has 0 saturated heterocycles. The second-order valence-corrected chi connectivity index (χ2v) is 4.84. The molecule has 0 aliphatic rings. The van der Waals surface area contributed by atoms with Crippen molar-refractivity contribution in [3.05, 3.63) is 33.8 Å². The molecule has 1 N–H and O–H groups in total. The number of nitrogens with one attached hydrogen (secondary N) is 1. The zero-order chi connectivity index (χ0) is 13.8. The summed E-state index contributed by atoms with van der Waals surface area (Å²) in [6.45, 7) is 0. The molecule has 0 bridgehead atoms. The van der Waals surface area contributed by atoms with Crippen molar-refractivity contribution in [2.45, 2.75) is 31.5 Å². The van der Waals surface area contributed by atoms with Gasteiger partial charge in [-0.3, -0.25) is 0 Å². The Kier molecular flexibility index (Phi) is 5.76. The molecule has 102 valence electrons. The van der Waals surface area contributed by atoms with Crippen LogP contribution in [0.3, 0.4) is 0 Å². The normalized spacial score (nSPS) is 13.7. The van der Waals surface area contributed by atoms with Gasteiger partial charge in [0, 0.05) is 12.5 Å². The van der Waals surface area contributed by atoms with E-state index in [4.69, 9.17) is 23.2 Å². The lowest BCUT2D eigenvalue weighted by Gasteiger charge is -2.17. The number of hydrogen-bond acceptors (Lipinski definition) is 1. The van der Waals surface area contributed by atoms with Crippen LogP contribution in [-0.2, 0) is 0 Å². The molecule has 1 atom stereocenters. The molecule has 0 saturated carbocycles. The third-order valence-electron chi connectivity index (χ3n) is 2.65. The van der Waals surface area contributed by atoms with Crippen molar-refractivity contribution in [2.75, 3.05) is 7.05 Å². The van der Waals surface area contributed by atoms with Gasteiger partial charge in [0.25, 0.3) is 0 Å². The van der Waals surface area contributed by atoms with E-state index in [0.717, 1.165) is 5.56 Å². The highest BCUT2D eigenvalue weighted by molar-refractivity contribution is 6.42. The molecule has 18 heavy (non-hydrogen) atoms. The van der Waals surface area contributed by atoms with E-state index in [-0.39, 0.29) is 12.5 Å². The van der Waals surface area contributed by atoms with E-state index in [9.17, 15) is 13.2 Å². The summed E-state index contributed by atoms with van der Waals surface area (Å²) in [5, 5.41) is 3.83. The second kappa shape index (κ2) is 6.64. The average molecular weight is 300 g/mol. The van der Waals surface area contributed by atoms with Gasteiger partial charge in [0.05, 0.1) is 10.0 Å². The molecule has 0 aliphatic carbocycles. The summed E-state index contributed by atoms with van der Waals surface area (Å²) < 4.78 is 36.2. The van der Waals surface area contributed by atoms with E-state index in [1.165, 1.54) is 0 Å². The van der Waals surface area contributed by atoms with Gasteiger partial charge in [-0.2, -0.15) is 13.2 Å². The Hall–Kier alpha value is -0.450. The topological polar surface area (TPSA) is 12.0 Å². The maximum atomic E-state index is 12.1. The van der Waals surface area contributed by atoms with Crippen molar-refractivity contribution in [1.82, 2.24) is 5.32 Å². The summed E-state index contributed by atoms with van der Waals surface area (Å²) >= 11 is 11.7. The molecule has 1 aromatic carbocycles. The van der Waals surface area contributed by atoms with Crippen LogP contribution in [0.4, 0.5) is 13.2 Å². The molecular weight excluding hydrogens is 286 g/mol. The Balaban J connectivity index is 2.63. The van der Waals surface area contributed by atoms with Gasteiger partial charge in [0.15, 0.2) is 0 Å². The Morgan fingerprint density at radius 2 is 1.89 bits per heavy atom. The summed E-state index contributed by atoms with van der Waals surface area (Å²) in [6, 6.07) is 4.94. The molecule has 0 amide bonds. The first-order valence-electron chi connectivity index (χ1n) is 5.52. The Morgan fingerprint density at radius 1 is 1.22 bits per heavy atom. The van der Waals surface area contributed by atoms with Crippen LogP contribution < -0.4 is 5.32 Å². The van der Waals surface area contributed by atoms with E-state index < -0.39 is 12.6 Å². The predicted molar refractivity (Wildman–Crippen MR) is 68.2 cm³/mol. The number of rotatable bonds is 5. The van der Waals surface area contributed by atoms with Gasteiger partial charge < -0.3 is 5.32 Å². The highest BCUT2D eigenvalue weighted by Gasteiger charge is 2.26. The molecule has 1 unspecified atom stereocenters. The van der Waals surface area contributed by atoms with Gasteiger partial charge in [0.2, 0.25) is 0 Å². The average Bonchev–Trinajstić information content (AvgIpc) is 2.27. The lowest BCUT2D eigenvalue weighted by molar-refractivity contribution is -0.135. The van der Waals surface area contributed by atoms with Gasteiger partial charge in [0.1, 0.15) is 0 Å². The smallest absolute Gasteiger partial charge is 0.313 e. The molecule has 1 aromatic rings. The van der Waals surface area contributed by atoms with Crippen LogP contribution in [0.25, 0.3) is 0 Å². The first-order valence-corrected chi connectivity index (χ1v) is 6.28. The van der Waals surface area contributed by atoms with Crippen molar-refractivity contribution in [3.63, 3.8) is 0 Å². The van der Waals surface area contributed by atoms with E-state index in [0.29, 0.717) is 16.5 Å². The van der Waals surface area contributed by atoms with Crippen LogP contribution in [0, 0.1) is 0 Å². The van der Waals surface area contributed by atoms with Crippen LogP contribution in [0.15, 0.2) is 18.2 Å². The van der Waals surface area contributed by atoms with Gasteiger partial charge in [-0.1, -0.05) is 29.3 Å². The van der Waals surface area contributed by atoms with Gasteiger partial charge in [-0.05, 0) is 37.6 Å². The largest absolute Gasteiger partial charge is 0.389 e. The second-order valence-electron chi connectivity index (χ2n) is 4.02. The van der Waals surface area contributed by atoms with Gasteiger partial charge in [-0.25, -0.2) is 0 Å². The highest BCUT2D eigenvalue weighted by atomic mass is 35.5. The SMILES string of the molecule is CNC(CCCC(F)(F)F)c1ccc(Cl)c(Cl)c1. The molecule has 1 rings (SSSR count). The van der Waals surface area contributed by atoms with Crippen molar-refractivity contribution in [1.29, 1.82) is 0 Å². The first kappa shape index (κ1) is 15.6. The van der Waals surface area contributed by atoms with E-state index in [1.807, 2.05) is 0 Å². The zero-order valence-corrected chi connectivity index (χ0v) is 11.3.